The Morgan fingerprint density at radius 1 is 0.929 bits per heavy atom. The number of methoxy groups -OCH3 is 3. The van der Waals surface area contributed by atoms with Gasteiger partial charge in [0, 0.05) is 11.5 Å². The van der Waals surface area contributed by atoms with Crippen molar-refractivity contribution in [1.82, 2.24) is 0 Å². The number of rotatable bonds is 7. The number of halogens is 1. The van der Waals surface area contributed by atoms with Gasteiger partial charge in [-0.3, -0.25) is 0 Å². The average Bonchev–Trinajstić information content (AvgIpc) is 2.72. The molecule has 148 valence electrons. The number of ether oxygens (including phenoxy) is 4. The molecule has 3 aromatic rings. The van der Waals surface area contributed by atoms with Gasteiger partial charge in [-0.1, -0.05) is 18.2 Å². The van der Waals surface area contributed by atoms with Crippen LogP contribution < -0.4 is 42.8 Å². The molecule has 6 nitrogen and oxygen atoms in total. The molecule has 0 aliphatic heterocycles. The summed E-state index contributed by atoms with van der Waals surface area (Å²) in [6, 6.07) is 13.3. The number of carbonyl (C=O) groups is 1. The smallest absolute Gasteiger partial charge is 0.338 e. The Hall–Kier alpha value is -2.55. The zero-order valence-electron chi connectivity index (χ0n) is 16.0. The summed E-state index contributed by atoms with van der Waals surface area (Å²) in [6.45, 7) is 0.805. The second kappa shape index (κ2) is 10.1. The van der Waals surface area contributed by atoms with Gasteiger partial charge >= 0.3 is 5.97 Å². The number of esters is 1. The molecule has 0 bridgehead atoms. The van der Waals surface area contributed by atoms with Crippen molar-refractivity contribution in [2.45, 2.75) is 6.54 Å². The predicted octanol–water partition coefficient (Wildman–Crippen LogP) is 0.0141. The van der Waals surface area contributed by atoms with Crippen molar-refractivity contribution in [2.24, 2.45) is 0 Å². The molecule has 28 heavy (non-hydrogen) atoms. The van der Waals surface area contributed by atoms with Crippen molar-refractivity contribution in [2.75, 3.05) is 27.9 Å². The molecule has 0 N–H and O–H groups in total. The molecule has 0 unspecified atom stereocenters. The van der Waals surface area contributed by atoms with Gasteiger partial charge in [0.1, 0.15) is 0 Å². The van der Waals surface area contributed by atoms with Crippen molar-refractivity contribution >= 4 is 16.7 Å². The number of nitrogens with zero attached hydrogens (tertiary/aromatic N) is 1. The fourth-order valence-electron chi connectivity index (χ4n) is 2.84. The number of hydrogen-bond donors (Lipinski definition) is 0. The molecule has 3 rings (SSSR count). The lowest BCUT2D eigenvalue weighted by atomic mass is 10.2. The van der Waals surface area contributed by atoms with Gasteiger partial charge in [0.15, 0.2) is 37.0 Å². The van der Waals surface area contributed by atoms with E-state index in [-0.39, 0.29) is 30.6 Å². The highest BCUT2D eigenvalue weighted by Gasteiger charge is 2.18. The van der Waals surface area contributed by atoms with Crippen LogP contribution in [0.25, 0.3) is 10.8 Å². The fraction of sp³-hybridized carbons (Fsp3) is 0.238. The van der Waals surface area contributed by atoms with Crippen molar-refractivity contribution in [3.63, 3.8) is 0 Å². The van der Waals surface area contributed by atoms with Crippen LogP contribution in [-0.2, 0) is 11.3 Å². The topological polar surface area (TPSA) is 57.9 Å². The maximum atomic E-state index is 12.4. The highest BCUT2D eigenvalue weighted by molar-refractivity contribution is 5.91. The normalized spacial score (nSPS) is 10.1. The minimum Gasteiger partial charge on any atom is -1.00 e. The average molecular weight is 495 g/mol. The number of aromatic nitrogens is 1. The Kier molecular flexibility index (Phi) is 7.86. The summed E-state index contributed by atoms with van der Waals surface area (Å²) in [5.41, 5.74) is 0.341. The lowest BCUT2D eigenvalue weighted by Crippen LogP contribution is -3.00. The van der Waals surface area contributed by atoms with Gasteiger partial charge in [-0.05, 0) is 23.6 Å². The molecular formula is C21H22INO5. The van der Waals surface area contributed by atoms with E-state index >= 15 is 0 Å². The Labute approximate surface area is 181 Å². The van der Waals surface area contributed by atoms with E-state index in [1.54, 1.807) is 12.1 Å². The molecule has 0 saturated carbocycles. The van der Waals surface area contributed by atoms with Gasteiger partial charge in [0.05, 0.1) is 26.9 Å². The highest BCUT2D eigenvalue weighted by atomic mass is 127. The lowest BCUT2D eigenvalue weighted by Gasteiger charge is -2.13. The van der Waals surface area contributed by atoms with Gasteiger partial charge in [-0.25, -0.2) is 9.36 Å². The molecule has 0 fully saturated rings. The van der Waals surface area contributed by atoms with Crippen LogP contribution in [-0.4, -0.2) is 33.9 Å². The van der Waals surface area contributed by atoms with Gasteiger partial charge < -0.3 is 42.9 Å². The molecule has 7 heteroatoms. The van der Waals surface area contributed by atoms with Crippen LogP contribution in [0.5, 0.6) is 17.2 Å². The summed E-state index contributed by atoms with van der Waals surface area (Å²) in [6.07, 6.45) is 4.00. The summed E-state index contributed by atoms with van der Waals surface area (Å²) in [4.78, 5) is 12.4. The van der Waals surface area contributed by atoms with E-state index in [0.717, 1.165) is 5.39 Å². The van der Waals surface area contributed by atoms with Crippen LogP contribution >= 0.6 is 0 Å². The maximum absolute atomic E-state index is 12.4. The van der Waals surface area contributed by atoms with E-state index in [1.807, 2.05) is 41.2 Å². The zero-order chi connectivity index (χ0) is 19.2. The first-order valence-corrected chi connectivity index (χ1v) is 8.51. The SMILES string of the molecule is COc1cc(C(=O)OCC[n+]2ccc3ccccc3c2)cc(OC)c1OC.[I-]. The quantitative estimate of drug-likeness (QED) is 0.263. The zero-order valence-corrected chi connectivity index (χ0v) is 18.1. The summed E-state index contributed by atoms with van der Waals surface area (Å²) < 4.78 is 23.2. The number of pyridine rings is 1. The van der Waals surface area contributed by atoms with Crippen molar-refractivity contribution < 1.29 is 52.3 Å². The van der Waals surface area contributed by atoms with Crippen LogP contribution in [0, 0.1) is 0 Å². The summed E-state index contributed by atoms with van der Waals surface area (Å²) >= 11 is 0. The lowest BCUT2D eigenvalue weighted by molar-refractivity contribution is -0.696. The van der Waals surface area contributed by atoms with Gasteiger partial charge in [-0.15, -0.1) is 0 Å². The molecule has 0 amide bonds. The highest BCUT2D eigenvalue weighted by Crippen LogP contribution is 2.38. The third-order valence-electron chi connectivity index (χ3n) is 4.23. The number of benzene rings is 2. The van der Waals surface area contributed by atoms with Crippen LogP contribution in [0.3, 0.4) is 0 Å². The van der Waals surface area contributed by atoms with E-state index in [1.165, 1.54) is 26.7 Å². The van der Waals surface area contributed by atoms with Crippen LogP contribution in [0.4, 0.5) is 0 Å². The van der Waals surface area contributed by atoms with Crippen molar-refractivity contribution in [3.05, 3.63) is 60.4 Å². The first-order chi connectivity index (χ1) is 13.2. The second-order valence-electron chi connectivity index (χ2n) is 5.86. The second-order valence-corrected chi connectivity index (χ2v) is 5.86. The van der Waals surface area contributed by atoms with Gasteiger partial charge in [-0.2, -0.15) is 0 Å². The summed E-state index contributed by atoms with van der Waals surface area (Å²) in [5.74, 6) is 0.805. The van der Waals surface area contributed by atoms with E-state index < -0.39 is 5.97 Å². The minimum atomic E-state index is -0.448. The molecule has 0 radical (unpaired) electrons. The Balaban J connectivity index is 0.00000280. The molecule has 0 saturated heterocycles. The van der Waals surface area contributed by atoms with E-state index in [9.17, 15) is 4.79 Å². The number of fused-ring (bicyclic) bond motifs is 1. The summed E-state index contributed by atoms with van der Waals surface area (Å²) in [5, 5.41) is 2.30. The fourth-order valence-corrected chi connectivity index (χ4v) is 2.84. The van der Waals surface area contributed by atoms with E-state index in [0.29, 0.717) is 29.4 Å². The Morgan fingerprint density at radius 3 is 2.18 bits per heavy atom. The first kappa shape index (κ1) is 21.7. The van der Waals surface area contributed by atoms with E-state index in [2.05, 4.69) is 6.07 Å². The van der Waals surface area contributed by atoms with Crippen LogP contribution in [0.1, 0.15) is 10.4 Å². The molecule has 2 aromatic carbocycles. The molecular weight excluding hydrogens is 473 g/mol. The minimum absolute atomic E-state index is 0. The third kappa shape index (κ3) is 4.83. The molecule has 1 heterocycles. The maximum Gasteiger partial charge on any atom is 0.338 e. The van der Waals surface area contributed by atoms with Crippen molar-refractivity contribution in [1.29, 1.82) is 0 Å². The Morgan fingerprint density at radius 2 is 1.57 bits per heavy atom. The van der Waals surface area contributed by atoms with Crippen molar-refractivity contribution in [3.8, 4) is 17.2 Å². The van der Waals surface area contributed by atoms with E-state index in [4.69, 9.17) is 18.9 Å². The van der Waals surface area contributed by atoms with Gasteiger partial charge in [0.25, 0.3) is 0 Å². The summed E-state index contributed by atoms with van der Waals surface area (Å²) in [7, 11) is 4.52. The molecule has 0 atom stereocenters. The standard InChI is InChI=1S/C21H22NO5.HI/c1-24-18-12-17(13-19(25-2)20(18)26-3)21(23)27-11-10-22-9-8-15-6-4-5-7-16(15)14-22;/h4-9,12-14H,10-11H2,1-3H3;1H/q+1;/p-1. The molecule has 1 aromatic heterocycles. The largest absolute Gasteiger partial charge is 1.00 e. The van der Waals surface area contributed by atoms with Crippen LogP contribution in [0.2, 0.25) is 0 Å². The molecule has 0 aliphatic carbocycles. The number of hydrogen-bond acceptors (Lipinski definition) is 5. The van der Waals surface area contributed by atoms with Gasteiger partial charge in [0.2, 0.25) is 5.75 Å². The third-order valence-corrected chi connectivity index (χ3v) is 4.23. The molecule has 0 aliphatic rings. The Bertz CT molecular complexity index is 935. The monoisotopic (exact) mass is 495 g/mol. The molecule has 0 spiro atoms. The predicted molar refractivity (Wildman–Crippen MR) is 101 cm³/mol. The first-order valence-electron chi connectivity index (χ1n) is 8.51. The van der Waals surface area contributed by atoms with Crippen LogP contribution in [0.15, 0.2) is 54.9 Å². The number of carbonyl (C=O) groups excluding carboxylic acids is 1.